The Balaban J connectivity index is 0.00000144. The maximum atomic E-state index is 12.7. The molecule has 0 amide bonds. The summed E-state index contributed by atoms with van der Waals surface area (Å²) in [4.78, 5) is 2.61. The molecule has 0 aliphatic carbocycles. The number of aromatic nitrogens is 1. The minimum absolute atomic E-state index is 0. The van der Waals surface area contributed by atoms with Crippen molar-refractivity contribution in [3.05, 3.63) is 28.3 Å². The third-order valence-electron chi connectivity index (χ3n) is 1.34. The molecule has 0 saturated carbocycles. The van der Waals surface area contributed by atoms with Crippen LogP contribution in [0.15, 0.2) is 0 Å². The third-order valence-corrected chi connectivity index (χ3v) is 1.72. The lowest BCUT2D eigenvalue weighted by Crippen LogP contribution is -3.00. The Hall–Kier alpha value is -0.520. The van der Waals surface area contributed by atoms with E-state index >= 15 is 0 Å². The standard InChI is InChI=1S/C6H4ClF3N2.ClH/c7-3-2(1-11)4(8)6(10)12-5(3)9;/h1,11H2;1H. The summed E-state index contributed by atoms with van der Waals surface area (Å²) in [7, 11) is 0. The Bertz CT molecular complexity index is 293. The Labute approximate surface area is 83.3 Å². The van der Waals surface area contributed by atoms with E-state index in [0.29, 0.717) is 0 Å². The molecule has 0 aliphatic heterocycles. The number of rotatable bonds is 1. The summed E-state index contributed by atoms with van der Waals surface area (Å²) < 4.78 is 37.6. The molecular formula is C6H5Cl2F3N2. The first-order chi connectivity index (χ1) is 5.57. The molecule has 2 nitrogen and oxygen atoms in total. The average Bonchev–Trinajstić information content (AvgIpc) is 2.02. The molecule has 0 spiro atoms. The van der Waals surface area contributed by atoms with E-state index in [-0.39, 0.29) is 24.5 Å². The molecule has 74 valence electrons. The predicted octanol–water partition coefficient (Wildman–Crippen LogP) is -2.10. The van der Waals surface area contributed by atoms with Gasteiger partial charge in [-0.05, 0) is 0 Å². The first-order valence-electron chi connectivity index (χ1n) is 3.06. The second kappa shape index (κ2) is 4.64. The Morgan fingerprint density at radius 1 is 1.23 bits per heavy atom. The molecule has 1 aromatic heterocycles. The molecule has 0 saturated heterocycles. The monoisotopic (exact) mass is 232 g/mol. The van der Waals surface area contributed by atoms with Crippen molar-refractivity contribution in [3.63, 3.8) is 0 Å². The van der Waals surface area contributed by atoms with E-state index in [4.69, 9.17) is 11.6 Å². The quantitative estimate of drug-likeness (QED) is 0.554. The first-order valence-corrected chi connectivity index (χ1v) is 3.43. The molecule has 0 unspecified atom stereocenters. The molecule has 13 heavy (non-hydrogen) atoms. The zero-order valence-corrected chi connectivity index (χ0v) is 7.76. The van der Waals surface area contributed by atoms with E-state index in [2.05, 4.69) is 10.7 Å². The molecule has 0 aliphatic rings. The highest BCUT2D eigenvalue weighted by atomic mass is 35.5. The number of hydrogen-bond acceptors (Lipinski definition) is 1. The van der Waals surface area contributed by atoms with Gasteiger partial charge >= 0.3 is 0 Å². The molecule has 1 aromatic rings. The molecule has 3 N–H and O–H groups in total. The van der Waals surface area contributed by atoms with Crippen molar-refractivity contribution in [2.24, 2.45) is 0 Å². The van der Waals surface area contributed by atoms with Crippen molar-refractivity contribution in [3.8, 4) is 0 Å². The normalized spacial score (nSPS) is 9.62. The smallest absolute Gasteiger partial charge is 0.252 e. The van der Waals surface area contributed by atoms with E-state index in [0.717, 1.165) is 0 Å². The molecule has 1 heterocycles. The zero-order valence-electron chi connectivity index (χ0n) is 6.25. The van der Waals surface area contributed by atoms with Crippen molar-refractivity contribution in [2.75, 3.05) is 0 Å². The van der Waals surface area contributed by atoms with Crippen molar-refractivity contribution in [2.45, 2.75) is 6.54 Å². The van der Waals surface area contributed by atoms with Gasteiger partial charge in [-0.25, -0.2) is 4.39 Å². The van der Waals surface area contributed by atoms with Gasteiger partial charge < -0.3 is 18.1 Å². The molecule has 0 bridgehead atoms. The van der Waals surface area contributed by atoms with Gasteiger partial charge in [0.15, 0.2) is 5.82 Å². The second-order valence-electron chi connectivity index (χ2n) is 2.05. The number of nitrogens with zero attached hydrogens (tertiary/aromatic N) is 1. The van der Waals surface area contributed by atoms with Gasteiger partial charge in [-0.15, -0.1) is 0 Å². The highest BCUT2D eigenvalue weighted by Crippen LogP contribution is 2.21. The highest BCUT2D eigenvalue weighted by molar-refractivity contribution is 6.31. The van der Waals surface area contributed by atoms with Crippen LogP contribution in [0.3, 0.4) is 0 Å². The van der Waals surface area contributed by atoms with E-state index < -0.39 is 22.7 Å². The van der Waals surface area contributed by atoms with Crippen LogP contribution in [0.1, 0.15) is 5.56 Å². The van der Waals surface area contributed by atoms with E-state index in [1.54, 1.807) is 0 Å². The summed E-state index contributed by atoms with van der Waals surface area (Å²) in [5, 5.41) is -0.510. The van der Waals surface area contributed by atoms with Crippen LogP contribution in [-0.4, -0.2) is 4.98 Å². The lowest BCUT2D eigenvalue weighted by atomic mass is 10.2. The van der Waals surface area contributed by atoms with Crippen molar-refractivity contribution >= 4 is 11.6 Å². The van der Waals surface area contributed by atoms with Gasteiger partial charge in [-0.2, -0.15) is 13.8 Å². The Morgan fingerprint density at radius 3 is 2.23 bits per heavy atom. The van der Waals surface area contributed by atoms with Crippen LogP contribution in [-0.2, 0) is 6.54 Å². The Kier molecular flexibility index (Phi) is 4.46. The topological polar surface area (TPSA) is 40.5 Å². The van der Waals surface area contributed by atoms with E-state index in [1.165, 1.54) is 0 Å². The number of hydrogen-bond donors (Lipinski definition) is 1. The fourth-order valence-electron chi connectivity index (χ4n) is 0.749. The molecule has 0 fully saturated rings. The van der Waals surface area contributed by atoms with E-state index in [9.17, 15) is 13.2 Å². The fraction of sp³-hybridized carbons (Fsp3) is 0.167. The zero-order chi connectivity index (χ0) is 9.30. The van der Waals surface area contributed by atoms with Crippen LogP contribution in [0.4, 0.5) is 13.2 Å². The maximum absolute atomic E-state index is 12.7. The molecule has 0 aromatic carbocycles. The first kappa shape index (κ1) is 12.5. The molecule has 0 atom stereocenters. The number of pyridine rings is 1. The molecule has 7 heteroatoms. The van der Waals surface area contributed by atoms with Crippen LogP contribution in [0.2, 0.25) is 5.02 Å². The van der Waals surface area contributed by atoms with Gasteiger partial charge in [-0.1, -0.05) is 11.6 Å². The van der Waals surface area contributed by atoms with E-state index in [1.807, 2.05) is 0 Å². The second-order valence-corrected chi connectivity index (χ2v) is 2.43. The average molecular weight is 233 g/mol. The van der Waals surface area contributed by atoms with Gasteiger partial charge in [0.25, 0.3) is 5.95 Å². The molecule has 0 radical (unpaired) electrons. The largest absolute Gasteiger partial charge is 1.00 e. The summed E-state index contributed by atoms with van der Waals surface area (Å²) in [5.74, 6) is -3.94. The lowest BCUT2D eigenvalue weighted by Gasteiger charge is -2.01. The Morgan fingerprint density at radius 2 is 1.77 bits per heavy atom. The van der Waals surface area contributed by atoms with Gasteiger partial charge in [0.1, 0.15) is 11.6 Å². The maximum Gasteiger partial charge on any atom is 0.252 e. The van der Waals surface area contributed by atoms with Crippen molar-refractivity contribution in [1.82, 2.24) is 4.98 Å². The van der Waals surface area contributed by atoms with Gasteiger partial charge in [-0.3, -0.25) is 0 Å². The molecular weight excluding hydrogens is 228 g/mol. The fourth-order valence-corrected chi connectivity index (χ4v) is 0.969. The van der Waals surface area contributed by atoms with Crippen LogP contribution >= 0.6 is 11.6 Å². The number of halogens is 5. The minimum Gasteiger partial charge on any atom is -1.00 e. The lowest BCUT2D eigenvalue weighted by molar-refractivity contribution is -0.387. The summed E-state index contributed by atoms with van der Waals surface area (Å²) in [6.07, 6.45) is 0. The van der Waals surface area contributed by atoms with Gasteiger partial charge in [0.2, 0.25) is 5.95 Å². The van der Waals surface area contributed by atoms with Crippen LogP contribution in [0.5, 0.6) is 0 Å². The van der Waals surface area contributed by atoms with Gasteiger partial charge in [0.05, 0.1) is 5.56 Å². The number of quaternary nitrogens is 1. The SMILES string of the molecule is [Cl-].[NH3+]Cc1c(F)c(F)nc(F)c1Cl. The van der Waals surface area contributed by atoms with Crippen molar-refractivity contribution in [1.29, 1.82) is 0 Å². The third kappa shape index (κ3) is 2.24. The van der Waals surface area contributed by atoms with Gasteiger partial charge in [0, 0.05) is 0 Å². The molecule has 1 rings (SSSR count). The van der Waals surface area contributed by atoms with Crippen molar-refractivity contribution < 1.29 is 31.3 Å². The summed E-state index contributed by atoms with van der Waals surface area (Å²) >= 11 is 5.29. The minimum atomic E-state index is -1.49. The summed E-state index contributed by atoms with van der Waals surface area (Å²) in [5.41, 5.74) is 2.98. The van der Waals surface area contributed by atoms with Crippen LogP contribution in [0.25, 0.3) is 0 Å². The summed E-state index contributed by atoms with van der Waals surface area (Å²) in [6.45, 7) is -0.124. The summed E-state index contributed by atoms with van der Waals surface area (Å²) in [6, 6.07) is 0. The predicted molar refractivity (Wildman–Crippen MR) is 35.7 cm³/mol. The highest BCUT2D eigenvalue weighted by Gasteiger charge is 2.18. The van der Waals surface area contributed by atoms with Crippen LogP contribution < -0.4 is 18.1 Å². The van der Waals surface area contributed by atoms with Crippen LogP contribution in [0, 0.1) is 17.7 Å².